The molecule has 4 aliphatic rings. The van der Waals surface area contributed by atoms with Gasteiger partial charge in [0.2, 0.25) is 0 Å². The number of halogens is 1. The lowest BCUT2D eigenvalue weighted by Gasteiger charge is -2.56. The Morgan fingerprint density at radius 3 is 2.37 bits per heavy atom. The molecule has 4 saturated carbocycles. The molecule has 3 heteroatoms. The van der Waals surface area contributed by atoms with Crippen molar-refractivity contribution in [2.75, 3.05) is 5.88 Å². The van der Waals surface area contributed by atoms with E-state index in [2.05, 4.69) is 5.38 Å². The lowest BCUT2D eigenvalue weighted by molar-refractivity contribution is -0.00533. The first-order valence-corrected chi connectivity index (χ1v) is 9.20. The number of hydrogen-bond acceptors (Lipinski definition) is 2. The Morgan fingerprint density at radius 1 is 1.16 bits per heavy atom. The molecular formula is C16H22ClNS. The van der Waals surface area contributed by atoms with Gasteiger partial charge in [-0.05, 0) is 69.1 Å². The highest BCUT2D eigenvalue weighted by Gasteiger charge is 2.52. The summed E-state index contributed by atoms with van der Waals surface area (Å²) in [6, 6.07) is 0. The Bertz CT molecular complexity index is 432. The SMILES string of the molecule is ClCCCc1csc(C23CC4CC(CC(C4)C2)C3)n1. The Kier molecular flexibility index (Phi) is 3.15. The summed E-state index contributed by atoms with van der Waals surface area (Å²) in [4.78, 5) is 5.00. The molecule has 1 heterocycles. The van der Waals surface area contributed by atoms with E-state index in [4.69, 9.17) is 16.6 Å². The monoisotopic (exact) mass is 295 g/mol. The maximum Gasteiger partial charge on any atom is 0.0990 e. The van der Waals surface area contributed by atoms with Gasteiger partial charge in [0.25, 0.3) is 0 Å². The van der Waals surface area contributed by atoms with E-state index in [9.17, 15) is 0 Å². The summed E-state index contributed by atoms with van der Waals surface area (Å²) in [6.07, 6.45) is 11.0. The number of aromatic nitrogens is 1. The van der Waals surface area contributed by atoms with Crippen LogP contribution in [-0.2, 0) is 11.8 Å². The van der Waals surface area contributed by atoms with Crippen LogP contribution in [0, 0.1) is 17.8 Å². The van der Waals surface area contributed by atoms with Crippen molar-refractivity contribution >= 4 is 22.9 Å². The summed E-state index contributed by atoms with van der Waals surface area (Å²) < 4.78 is 0. The zero-order chi connectivity index (χ0) is 12.9. The standard InChI is InChI=1S/C16H22ClNS/c17-3-1-2-14-10-19-15(18-14)16-7-11-4-12(8-16)6-13(5-11)9-16/h10-13H,1-9H2. The molecule has 104 valence electrons. The second-order valence-electron chi connectivity index (χ2n) is 7.13. The molecule has 4 aliphatic carbocycles. The minimum Gasteiger partial charge on any atom is -0.246 e. The van der Waals surface area contributed by atoms with Crippen molar-refractivity contribution in [3.63, 3.8) is 0 Å². The second kappa shape index (κ2) is 4.73. The fraction of sp³-hybridized carbons (Fsp3) is 0.812. The molecule has 0 amide bonds. The molecule has 0 N–H and O–H groups in total. The first-order chi connectivity index (χ1) is 9.27. The molecule has 1 aromatic rings. The van der Waals surface area contributed by atoms with Crippen molar-refractivity contribution in [1.82, 2.24) is 4.98 Å². The molecule has 1 aromatic heterocycles. The average Bonchev–Trinajstić information content (AvgIpc) is 2.84. The summed E-state index contributed by atoms with van der Waals surface area (Å²) in [5.74, 6) is 3.80. The molecule has 0 radical (unpaired) electrons. The molecule has 0 aromatic carbocycles. The van der Waals surface area contributed by atoms with E-state index in [0.717, 1.165) is 36.5 Å². The van der Waals surface area contributed by atoms with Gasteiger partial charge in [-0.1, -0.05) is 0 Å². The zero-order valence-corrected chi connectivity index (χ0v) is 13.0. The first-order valence-electron chi connectivity index (χ1n) is 7.78. The Balaban J connectivity index is 1.59. The van der Waals surface area contributed by atoms with Crippen LogP contribution in [0.1, 0.15) is 55.6 Å². The van der Waals surface area contributed by atoms with Gasteiger partial charge in [0.05, 0.1) is 10.7 Å². The van der Waals surface area contributed by atoms with Crippen molar-refractivity contribution in [1.29, 1.82) is 0 Å². The lowest BCUT2D eigenvalue weighted by atomic mass is 9.50. The minimum absolute atomic E-state index is 0.485. The number of aryl methyl sites for hydroxylation is 1. The van der Waals surface area contributed by atoms with Crippen LogP contribution in [0.25, 0.3) is 0 Å². The minimum atomic E-state index is 0.485. The summed E-state index contributed by atoms with van der Waals surface area (Å²) in [7, 11) is 0. The molecule has 0 spiro atoms. The number of alkyl halides is 1. The van der Waals surface area contributed by atoms with Gasteiger partial charge in [0, 0.05) is 16.7 Å². The Hall–Kier alpha value is -0.0800. The predicted octanol–water partition coefficient (Wildman–Crippen LogP) is 4.78. The van der Waals surface area contributed by atoms with Crippen molar-refractivity contribution in [2.45, 2.75) is 56.8 Å². The molecular weight excluding hydrogens is 274 g/mol. The summed E-state index contributed by atoms with van der Waals surface area (Å²) in [5, 5.41) is 3.76. The third kappa shape index (κ3) is 2.15. The van der Waals surface area contributed by atoms with E-state index < -0.39 is 0 Å². The van der Waals surface area contributed by atoms with Crippen LogP contribution < -0.4 is 0 Å². The number of nitrogens with zero attached hydrogens (tertiary/aromatic N) is 1. The van der Waals surface area contributed by atoms with Gasteiger partial charge in [-0.3, -0.25) is 0 Å². The maximum absolute atomic E-state index is 5.79. The summed E-state index contributed by atoms with van der Waals surface area (Å²) in [6.45, 7) is 0. The topological polar surface area (TPSA) is 12.9 Å². The van der Waals surface area contributed by atoms with Crippen LogP contribution in [0.2, 0.25) is 0 Å². The molecule has 0 saturated heterocycles. The van der Waals surface area contributed by atoms with E-state index in [0.29, 0.717) is 5.41 Å². The normalized spacial score (nSPS) is 39.9. The van der Waals surface area contributed by atoms with Crippen LogP contribution in [0.4, 0.5) is 0 Å². The quantitative estimate of drug-likeness (QED) is 0.728. The summed E-state index contributed by atoms with van der Waals surface area (Å²) in [5.41, 5.74) is 1.77. The smallest absolute Gasteiger partial charge is 0.0990 e. The Morgan fingerprint density at radius 2 is 1.79 bits per heavy atom. The van der Waals surface area contributed by atoms with E-state index in [1.807, 2.05) is 11.3 Å². The summed E-state index contributed by atoms with van der Waals surface area (Å²) >= 11 is 7.72. The molecule has 0 atom stereocenters. The molecule has 0 unspecified atom stereocenters. The predicted molar refractivity (Wildman–Crippen MR) is 81.0 cm³/mol. The fourth-order valence-corrected chi connectivity index (χ4v) is 6.51. The van der Waals surface area contributed by atoms with Gasteiger partial charge in [0.15, 0.2) is 0 Å². The van der Waals surface area contributed by atoms with Gasteiger partial charge < -0.3 is 0 Å². The molecule has 0 aliphatic heterocycles. The molecule has 4 fully saturated rings. The van der Waals surface area contributed by atoms with Crippen molar-refractivity contribution in [2.24, 2.45) is 17.8 Å². The van der Waals surface area contributed by atoms with E-state index in [1.54, 1.807) is 0 Å². The number of rotatable bonds is 4. The molecule has 1 nitrogen and oxygen atoms in total. The highest BCUT2D eigenvalue weighted by Crippen LogP contribution is 2.61. The zero-order valence-electron chi connectivity index (χ0n) is 11.4. The van der Waals surface area contributed by atoms with Crippen LogP contribution in [0.5, 0.6) is 0 Å². The molecule has 4 bridgehead atoms. The van der Waals surface area contributed by atoms with Crippen molar-refractivity contribution < 1.29 is 0 Å². The number of thiazole rings is 1. The van der Waals surface area contributed by atoms with E-state index in [-0.39, 0.29) is 0 Å². The lowest BCUT2D eigenvalue weighted by Crippen LogP contribution is -2.48. The van der Waals surface area contributed by atoms with Crippen LogP contribution in [-0.4, -0.2) is 10.9 Å². The van der Waals surface area contributed by atoms with Crippen LogP contribution >= 0.6 is 22.9 Å². The van der Waals surface area contributed by atoms with Gasteiger partial charge >= 0.3 is 0 Å². The average molecular weight is 296 g/mol. The number of hydrogen-bond donors (Lipinski definition) is 0. The highest BCUT2D eigenvalue weighted by molar-refractivity contribution is 7.09. The fourth-order valence-electron chi connectivity index (χ4n) is 5.29. The Labute approximate surface area is 124 Å². The van der Waals surface area contributed by atoms with Crippen molar-refractivity contribution in [3.05, 3.63) is 16.1 Å². The van der Waals surface area contributed by atoms with E-state index >= 15 is 0 Å². The third-order valence-electron chi connectivity index (χ3n) is 5.61. The van der Waals surface area contributed by atoms with Crippen molar-refractivity contribution in [3.8, 4) is 0 Å². The van der Waals surface area contributed by atoms with E-state index in [1.165, 1.54) is 49.2 Å². The maximum atomic E-state index is 5.79. The van der Waals surface area contributed by atoms with Crippen LogP contribution in [0.15, 0.2) is 5.38 Å². The van der Waals surface area contributed by atoms with Gasteiger partial charge in [-0.15, -0.1) is 22.9 Å². The molecule has 5 rings (SSSR count). The second-order valence-corrected chi connectivity index (χ2v) is 8.37. The van der Waals surface area contributed by atoms with Gasteiger partial charge in [0.1, 0.15) is 0 Å². The first kappa shape index (κ1) is 12.6. The largest absolute Gasteiger partial charge is 0.246 e. The third-order valence-corrected chi connectivity index (χ3v) is 7.01. The molecule has 19 heavy (non-hydrogen) atoms. The van der Waals surface area contributed by atoms with Gasteiger partial charge in [-0.25, -0.2) is 4.98 Å². The highest BCUT2D eigenvalue weighted by atomic mass is 35.5. The van der Waals surface area contributed by atoms with Crippen LogP contribution in [0.3, 0.4) is 0 Å². The van der Waals surface area contributed by atoms with Gasteiger partial charge in [-0.2, -0.15) is 0 Å².